The lowest BCUT2D eigenvalue weighted by atomic mass is 10.0. The highest BCUT2D eigenvalue weighted by Gasteiger charge is 2.29. The molecular formula is C16H24FN3O. The van der Waals surface area contributed by atoms with E-state index in [1.807, 2.05) is 13.0 Å². The number of guanidine groups is 1. The number of aliphatic imine (C=N–C) groups is 1. The summed E-state index contributed by atoms with van der Waals surface area (Å²) in [7, 11) is 0. The normalized spacial score (nSPS) is 22.3. The first kappa shape index (κ1) is 15.8. The third-order valence-corrected chi connectivity index (χ3v) is 3.64. The third kappa shape index (κ3) is 4.70. The van der Waals surface area contributed by atoms with E-state index in [0.29, 0.717) is 24.6 Å². The molecule has 0 bridgehead atoms. The van der Waals surface area contributed by atoms with Crippen LogP contribution in [0.25, 0.3) is 0 Å². The monoisotopic (exact) mass is 293 g/mol. The molecule has 0 spiro atoms. The molecule has 1 aliphatic heterocycles. The van der Waals surface area contributed by atoms with E-state index in [1.165, 1.54) is 6.07 Å². The lowest BCUT2D eigenvalue weighted by Crippen LogP contribution is -2.45. The van der Waals surface area contributed by atoms with Gasteiger partial charge in [0.2, 0.25) is 0 Å². The molecule has 1 heterocycles. The molecule has 0 aromatic heterocycles. The summed E-state index contributed by atoms with van der Waals surface area (Å²) >= 11 is 0. The van der Waals surface area contributed by atoms with Crippen molar-refractivity contribution >= 4 is 5.96 Å². The van der Waals surface area contributed by atoms with E-state index in [4.69, 9.17) is 4.74 Å². The molecule has 2 N–H and O–H groups in total. The van der Waals surface area contributed by atoms with E-state index < -0.39 is 0 Å². The van der Waals surface area contributed by atoms with E-state index in [2.05, 4.69) is 22.5 Å². The second kappa shape index (κ2) is 7.41. The average molecular weight is 293 g/mol. The Balaban J connectivity index is 1.94. The van der Waals surface area contributed by atoms with Gasteiger partial charge in [0.15, 0.2) is 5.96 Å². The number of benzene rings is 1. The number of nitrogens with one attached hydrogen (secondary N) is 2. The highest BCUT2D eigenvalue weighted by atomic mass is 19.1. The van der Waals surface area contributed by atoms with Crippen LogP contribution in [0, 0.1) is 5.82 Å². The van der Waals surface area contributed by atoms with Gasteiger partial charge in [0.25, 0.3) is 0 Å². The van der Waals surface area contributed by atoms with E-state index in [0.717, 1.165) is 26.0 Å². The summed E-state index contributed by atoms with van der Waals surface area (Å²) in [6.45, 7) is 6.72. The Hall–Kier alpha value is -1.62. The molecule has 1 saturated heterocycles. The first-order valence-electron chi connectivity index (χ1n) is 7.52. The highest BCUT2D eigenvalue weighted by Crippen LogP contribution is 2.23. The Morgan fingerprint density at radius 2 is 2.19 bits per heavy atom. The molecule has 1 fully saturated rings. The van der Waals surface area contributed by atoms with Gasteiger partial charge in [-0.1, -0.05) is 18.2 Å². The van der Waals surface area contributed by atoms with Gasteiger partial charge in [-0.05, 0) is 32.8 Å². The van der Waals surface area contributed by atoms with Crippen LogP contribution in [0.5, 0.6) is 0 Å². The fourth-order valence-electron chi connectivity index (χ4n) is 2.38. The molecule has 1 aromatic carbocycles. The SMILES string of the molecule is CCNC(=NCc1ccccc1F)NCC1(C)CCCO1. The molecule has 4 nitrogen and oxygen atoms in total. The third-order valence-electron chi connectivity index (χ3n) is 3.64. The van der Waals surface area contributed by atoms with Crippen molar-refractivity contribution in [2.45, 2.75) is 38.8 Å². The molecule has 0 saturated carbocycles. The van der Waals surface area contributed by atoms with E-state index in [1.54, 1.807) is 12.1 Å². The molecular weight excluding hydrogens is 269 g/mol. The largest absolute Gasteiger partial charge is 0.373 e. The van der Waals surface area contributed by atoms with Crippen molar-refractivity contribution in [1.82, 2.24) is 10.6 Å². The van der Waals surface area contributed by atoms with Crippen molar-refractivity contribution in [3.63, 3.8) is 0 Å². The number of rotatable bonds is 5. The summed E-state index contributed by atoms with van der Waals surface area (Å²) in [5.41, 5.74) is 0.465. The van der Waals surface area contributed by atoms with Crippen LogP contribution in [-0.4, -0.2) is 31.3 Å². The van der Waals surface area contributed by atoms with Crippen LogP contribution in [0.1, 0.15) is 32.3 Å². The lowest BCUT2D eigenvalue weighted by molar-refractivity contribution is 0.0243. The van der Waals surface area contributed by atoms with E-state index >= 15 is 0 Å². The zero-order valence-corrected chi connectivity index (χ0v) is 12.8. The summed E-state index contributed by atoms with van der Waals surface area (Å²) in [6.07, 6.45) is 2.15. The van der Waals surface area contributed by atoms with Crippen LogP contribution in [0.3, 0.4) is 0 Å². The van der Waals surface area contributed by atoms with Gasteiger partial charge < -0.3 is 15.4 Å². The molecule has 5 heteroatoms. The number of hydrogen-bond acceptors (Lipinski definition) is 2. The molecule has 1 aliphatic rings. The van der Waals surface area contributed by atoms with Gasteiger partial charge in [-0.15, -0.1) is 0 Å². The van der Waals surface area contributed by atoms with Crippen molar-refractivity contribution in [2.24, 2.45) is 4.99 Å². The minimum atomic E-state index is -0.219. The van der Waals surface area contributed by atoms with Crippen LogP contribution in [-0.2, 0) is 11.3 Å². The first-order valence-corrected chi connectivity index (χ1v) is 7.52. The molecule has 2 rings (SSSR count). The van der Waals surface area contributed by atoms with Crippen molar-refractivity contribution in [3.05, 3.63) is 35.6 Å². The van der Waals surface area contributed by atoms with Crippen molar-refractivity contribution in [3.8, 4) is 0 Å². The van der Waals surface area contributed by atoms with Crippen LogP contribution in [0.4, 0.5) is 4.39 Å². The van der Waals surface area contributed by atoms with Gasteiger partial charge in [-0.3, -0.25) is 0 Å². The van der Waals surface area contributed by atoms with Crippen LogP contribution in [0.15, 0.2) is 29.3 Å². The first-order chi connectivity index (χ1) is 10.1. The maximum absolute atomic E-state index is 13.6. The smallest absolute Gasteiger partial charge is 0.191 e. The Kier molecular flexibility index (Phi) is 5.56. The van der Waals surface area contributed by atoms with Gasteiger partial charge in [0.05, 0.1) is 12.1 Å². The minimum Gasteiger partial charge on any atom is -0.373 e. The summed E-state index contributed by atoms with van der Waals surface area (Å²) < 4.78 is 19.3. The summed E-state index contributed by atoms with van der Waals surface area (Å²) in [6, 6.07) is 6.72. The van der Waals surface area contributed by atoms with Crippen LogP contribution >= 0.6 is 0 Å². The van der Waals surface area contributed by atoms with E-state index in [-0.39, 0.29) is 11.4 Å². The van der Waals surface area contributed by atoms with Gasteiger partial charge >= 0.3 is 0 Å². The molecule has 0 amide bonds. The average Bonchev–Trinajstić information content (AvgIpc) is 2.91. The number of halogens is 1. The molecule has 21 heavy (non-hydrogen) atoms. The maximum Gasteiger partial charge on any atom is 0.191 e. The van der Waals surface area contributed by atoms with E-state index in [9.17, 15) is 4.39 Å². The Bertz CT molecular complexity index is 484. The summed E-state index contributed by atoms with van der Waals surface area (Å²) in [4.78, 5) is 4.44. The molecule has 116 valence electrons. The second-order valence-electron chi connectivity index (χ2n) is 5.54. The van der Waals surface area contributed by atoms with Gasteiger partial charge in [0.1, 0.15) is 5.82 Å². The number of hydrogen-bond donors (Lipinski definition) is 2. The summed E-state index contributed by atoms with van der Waals surface area (Å²) in [5, 5.41) is 6.46. The molecule has 1 unspecified atom stereocenters. The zero-order valence-electron chi connectivity index (χ0n) is 12.8. The second-order valence-corrected chi connectivity index (χ2v) is 5.54. The summed E-state index contributed by atoms with van der Waals surface area (Å²) in [5.74, 6) is 0.473. The Labute approximate surface area is 125 Å². The van der Waals surface area contributed by atoms with Crippen molar-refractivity contribution < 1.29 is 9.13 Å². The number of ether oxygens (including phenoxy) is 1. The fraction of sp³-hybridized carbons (Fsp3) is 0.562. The predicted molar refractivity (Wildman–Crippen MR) is 82.8 cm³/mol. The predicted octanol–water partition coefficient (Wildman–Crippen LogP) is 2.45. The van der Waals surface area contributed by atoms with Crippen molar-refractivity contribution in [1.29, 1.82) is 0 Å². The number of nitrogens with zero attached hydrogens (tertiary/aromatic N) is 1. The molecule has 0 radical (unpaired) electrons. The lowest BCUT2D eigenvalue weighted by Gasteiger charge is -2.24. The minimum absolute atomic E-state index is 0.131. The topological polar surface area (TPSA) is 45.7 Å². The fourth-order valence-corrected chi connectivity index (χ4v) is 2.38. The Morgan fingerprint density at radius 1 is 1.38 bits per heavy atom. The van der Waals surface area contributed by atoms with Gasteiger partial charge in [-0.2, -0.15) is 0 Å². The molecule has 1 atom stereocenters. The van der Waals surface area contributed by atoms with Crippen LogP contribution in [0.2, 0.25) is 0 Å². The maximum atomic E-state index is 13.6. The highest BCUT2D eigenvalue weighted by molar-refractivity contribution is 5.79. The van der Waals surface area contributed by atoms with Crippen LogP contribution < -0.4 is 10.6 Å². The zero-order chi connectivity index (χ0) is 15.1. The standard InChI is InChI=1S/C16H24FN3O/c1-3-18-15(20-12-16(2)9-6-10-21-16)19-11-13-7-4-5-8-14(13)17/h4-5,7-8H,3,6,9-12H2,1-2H3,(H2,18,19,20). The van der Waals surface area contributed by atoms with Gasteiger partial charge in [-0.25, -0.2) is 9.38 Å². The van der Waals surface area contributed by atoms with Gasteiger partial charge in [0, 0.05) is 25.3 Å². The Morgan fingerprint density at radius 3 is 2.86 bits per heavy atom. The molecule has 1 aromatic rings. The van der Waals surface area contributed by atoms with Crippen molar-refractivity contribution in [2.75, 3.05) is 19.7 Å². The molecule has 0 aliphatic carbocycles. The quantitative estimate of drug-likeness (QED) is 0.647.